The van der Waals surface area contributed by atoms with Crippen molar-refractivity contribution in [1.82, 2.24) is 39.0 Å². The van der Waals surface area contributed by atoms with Gasteiger partial charge in [0, 0.05) is 0 Å². The molecule has 0 bridgehead atoms. The molecule has 4 heterocycles. The normalized spacial score (nSPS) is 10.2. The Labute approximate surface area is 229 Å². The Balaban J connectivity index is 0.000000205. The molecule has 0 amide bonds. The molecule has 4 aromatic heterocycles. The van der Waals surface area contributed by atoms with Crippen molar-refractivity contribution in [3.05, 3.63) is 109 Å². The van der Waals surface area contributed by atoms with Gasteiger partial charge in [0.15, 0.2) is 22.9 Å². The van der Waals surface area contributed by atoms with Gasteiger partial charge in [-0.05, 0) is 22.7 Å². The van der Waals surface area contributed by atoms with E-state index < -0.39 is 0 Å². The number of nitrogen functional groups attached to an aromatic ring is 2. The van der Waals surface area contributed by atoms with Crippen LogP contribution in [0.2, 0.25) is 5.28 Å². The fraction of sp³-hybridized carbons (Fsp3) is 0.0769. The van der Waals surface area contributed by atoms with Crippen LogP contribution >= 0.6 is 11.6 Å². The molecule has 0 fully saturated rings. The number of hydrogen-bond donors (Lipinski definition) is 2. The SMILES string of the molecule is N#Cc1nc(N)c2ncn(Cc3ccccc3)c2n1.Nc1nc(Cl)nc2c1ncn2Cc1ccccc1.[CH3-].[NH2-]. The van der Waals surface area contributed by atoms with Gasteiger partial charge in [0.25, 0.3) is 0 Å². The Kier molecular flexibility index (Phi) is 9.06. The third-order valence-electron chi connectivity index (χ3n) is 5.45. The summed E-state index contributed by atoms with van der Waals surface area (Å²) >= 11 is 5.81. The van der Waals surface area contributed by atoms with Gasteiger partial charge in [0.1, 0.15) is 17.1 Å². The van der Waals surface area contributed by atoms with E-state index in [0.717, 1.165) is 11.1 Å². The highest BCUT2D eigenvalue weighted by Crippen LogP contribution is 2.19. The molecule has 0 saturated heterocycles. The summed E-state index contributed by atoms with van der Waals surface area (Å²) < 4.78 is 3.75. The first kappa shape index (κ1) is 28.5. The minimum absolute atomic E-state index is 0. The van der Waals surface area contributed by atoms with Crippen molar-refractivity contribution in [3.8, 4) is 6.07 Å². The fourth-order valence-electron chi connectivity index (χ4n) is 3.75. The van der Waals surface area contributed by atoms with E-state index in [1.54, 1.807) is 12.7 Å². The monoisotopic (exact) mass is 540 g/mol. The van der Waals surface area contributed by atoms with Crippen LogP contribution in [0.1, 0.15) is 17.0 Å². The average molecular weight is 541 g/mol. The van der Waals surface area contributed by atoms with Crippen LogP contribution in [0.15, 0.2) is 73.3 Å². The molecular formula is C26H25ClN12-2. The standard InChI is InChI=1S/C13H10N6.C12H10ClN5.CH3.H2N/c14-6-10-17-12(15)11-13(18-10)19(8-16-11)7-9-4-2-1-3-5-9;13-12-16-10(14)9-11(17-12)18(7-15-9)6-8-4-2-1-3-5-8;;/h1-5,8H,7H2,(H2,15,17,18);1-5,7H,6H2,(H2,14,16,17);1H3;1H2/q;;2*-1. The Morgan fingerprint density at radius 3 is 1.67 bits per heavy atom. The Morgan fingerprint density at radius 1 is 0.718 bits per heavy atom. The first-order valence-electron chi connectivity index (χ1n) is 11.1. The highest BCUT2D eigenvalue weighted by atomic mass is 35.5. The van der Waals surface area contributed by atoms with Gasteiger partial charge in [-0.15, -0.1) is 0 Å². The van der Waals surface area contributed by atoms with Crippen molar-refractivity contribution in [2.45, 2.75) is 13.1 Å². The van der Waals surface area contributed by atoms with E-state index in [4.69, 9.17) is 28.3 Å². The topological polar surface area (TPSA) is 197 Å². The van der Waals surface area contributed by atoms with Crippen LogP contribution in [0.3, 0.4) is 0 Å². The summed E-state index contributed by atoms with van der Waals surface area (Å²) in [5.41, 5.74) is 16.1. The largest absolute Gasteiger partial charge is 0.693 e. The summed E-state index contributed by atoms with van der Waals surface area (Å²) in [7, 11) is 0. The second kappa shape index (κ2) is 12.4. The van der Waals surface area contributed by atoms with Gasteiger partial charge in [0.05, 0.1) is 25.7 Å². The molecule has 6 rings (SSSR count). The lowest BCUT2D eigenvalue weighted by atomic mass is 10.2. The zero-order valence-electron chi connectivity index (χ0n) is 21.0. The maximum absolute atomic E-state index is 8.88. The number of anilines is 2. The van der Waals surface area contributed by atoms with Crippen LogP contribution in [0.5, 0.6) is 0 Å². The van der Waals surface area contributed by atoms with Crippen LogP contribution in [-0.4, -0.2) is 39.0 Å². The van der Waals surface area contributed by atoms with E-state index in [9.17, 15) is 0 Å². The van der Waals surface area contributed by atoms with E-state index in [1.807, 2.05) is 75.9 Å². The second-order valence-electron chi connectivity index (χ2n) is 7.98. The average Bonchev–Trinajstić information content (AvgIpc) is 3.50. The van der Waals surface area contributed by atoms with Crippen LogP contribution in [-0.2, 0) is 13.1 Å². The number of fused-ring (bicyclic) bond motifs is 2. The molecule has 198 valence electrons. The van der Waals surface area contributed by atoms with Crippen molar-refractivity contribution >= 4 is 45.6 Å². The smallest absolute Gasteiger partial charge is 0.236 e. The van der Waals surface area contributed by atoms with Crippen molar-refractivity contribution < 1.29 is 0 Å². The lowest BCUT2D eigenvalue weighted by Gasteiger charge is -2.04. The summed E-state index contributed by atoms with van der Waals surface area (Å²) in [6.07, 6.45) is 3.35. The summed E-state index contributed by atoms with van der Waals surface area (Å²) in [4.78, 5) is 24.5. The van der Waals surface area contributed by atoms with Crippen molar-refractivity contribution in [3.63, 3.8) is 0 Å². The Morgan fingerprint density at radius 2 is 1.18 bits per heavy atom. The number of nitrogens with zero attached hydrogens (tertiary/aromatic N) is 9. The number of hydrogen-bond acceptors (Lipinski definition) is 9. The molecule has 6 N–H and O–H groups in total. The second-order valence-corrected chi connectivity index (χ2v) is 8.32. The molecule has 0 spiro atoms. The first-order chi connectivity index (χ1) is 18.0. The molecule has 0 aliphatic heterocycles. The van der Waals surface area contributed by atoms with Gasteiger partial charge in [-0.3, -0.25) is 0 Å². The predicted molar refractivity (Wildman–Crippen MR) is 152 cm³/mol. The minimum Gasteiger partial charge on any atom is -0.693 e. The number of nitrogens with two attached hydrogens (primary N) is 3. The molecule has 6 aromatic rings. The minimum atomic E-state index is 0. The van der Waals surface area contributed by atoms with Crippen molar-refractivity contribution in [2.24, 2.45) is 0 Å². The number of benzene rings is 2. The third-order valence-corrected chi connectivity index (χ3v) is 5.61. The molecular weight excluding hydrogens is 516 g/mol. The number of imidazole rings is 2. The Hall–Kier alpha value is -5.12. The molecule has 0 atom stereocenters. The van der Waals surface area contributed by atoms with Crippen LogP contribution in [0, 0.1) is 18.8 Å². The van der Waals surface area contributed by atoms with Crippen molar-refractivity contribution in [1.29, 1.82) is 5.26 Å². The molecule has 2 aromatic carbocycles. The van der Waals surface area contributed by atoms with Crippen LogP contribution in [0.4, 0.5) is 11.6 Å². The summed E-state index contributed by atoms with van der Waals surface area (Å²) in [6, 6.07) is 21.9. The summed E-state index contributed by atoms with van der Waals surface area (Å²) in [6.45, 7) is 1.29. The van der Waals surface area contributed by atoms with Crippen LogP contribution in [0.25, 0.3) is 28.5 Å². The van der Waals surface area contributed by atoms with E-state index in [2.05, 4.69) is 29.9 Å². The lowest BCUT2D eigenvalue weighted by molar-refractivity contribution is 0.812. The van der Waals surface area contributed by atoms with Crippen LogP contribution < -0.4 is 11.5 Å². The van der Waals surface area contributed by atoms with E-state index in [-0.39, 0.29) is 30.5 Å². The zero-order chi connectivity index (χ0) is 25.8. The Bertz CT molecular complexity index is 1720. The predicted octanol–water partition coefficient (Wildman–Crippen LogP) is 4.61. The lowest BCUT2D eigenvalue weighted by Crippen LogP contribution is -2.03. The highest BCUT2D eigenvalue weighted by Gasteiger charge is 2.12. The summed E-state index contributed by atoms with van der Waals surface area (Å²) in [5.74, 6) is 0.588. The van der Waals surface area contributed by atoms with Gasteiger partial charge in [-0.25, -0.2) is 9.97 Å². The molecule has 0 unspecified atom stereocenters. The number of nitriles is 1. The molecule has 0 aliphatic rings. The summed E-state index contributed by atoms with van der Waals surface area (Å²) in [5, 5.41) is 9.01. The van der Waals surface area contributed by atoms with E-state index in [0.29, 0.717) is 41.2 Å². The molecule has 0 saturated carbocycles. The van der Waals surface area contributed by atoms with Crippen molar-refractivity contribution in [2.75, 3.05) is 11.5 Å². The van der Waals surface area contributed by atoms with Gasteiger partial charge >= 0.3 is 0 Å². The first-order valence-corrected chi connectivity index (χ1v) is 11.5. The molecule has 13 heteroatoms. The molecule has 0 aliphatic carbocycles. The number of rotatable bonds is 4. The number of aromatic nitrogens is 8. The molecule has 0 radical (unpaired) electrons. The van der Waals surface area contributed by atoms with Gasteiger partial charge < -0.3 is 34.2 Å². The molecule has 39 heavy (non-hydrogen) atoms. The quantitative estimate of drug-likeness (QED) is 0.237. The zero-order valence-corrected chi connectivity index (χ0v) is 21.7. The maximum atomic E-state index is 8.88. The van der Waals surface area contributed by atoms with E-state index in [1.165, 1.54) is 0 Å². The van der Waals surface area contributed by atoms with Gasteiger partial charge in [0.2, 0.25) is 11.1 Å². The fourth-order valence-corrected chi connectivity index (χ4v) is 3.92. The van der Waals surface area contributed by atoms with Gasteiger partial charge in [-0.2, -0.15) is 25.2 Å². The number of halogens is 1. The highest BCUT2D eigenvalue weighted by molar-refractivity contribution is 6.28. The molecule has 12 nitrogen and oxygen atoms in total. The third kappa shape index (κ3) is 6.24. The maximum Gasteiger partial charge on any atom is 0.236 e. The van der Waals surface area contributed by atoms with Gasteiger partial charge in [-0.1, -0.05) is 60.7 Å². The van der Waals surface area contributed by atoms with E-state index >= 15 is 0 Å².